The predicted octanol–water partition coefficient (Wildman–Crippen LogP) is 2.52. The van der Waals surface area contributed by atoms with E-state index >= 15 is 0 Å². The van der Waals surface area contributed by atoms with E-state index in [-0.39, 0.29) is 6.10 Å². The summed E-state index contributed by atoms with van der Waals surface area (Å²) < 4.78 is 10.7. The van der Waals surface area contributed by atoms with E-state index in [9.17, 15) is 0 Å². The van der Waals surface area contributed by atoms with Crippen LogP contribution in [-0.2, 0) is 13.0 Å². The van der Waals surface area contributed by atoms with Crippen LogP contribution in [0.15, 0.2) is 47.6 Å². The van der Waals surface area contributed by atoms with Gasteiger partial charge in [-0.2, -0.15) is 0 Å². The minimum atomic E-state index is 0.113. The van der Waals surface area contributed by atoms with Crippen LogP contribution in [0.5, 0.6) is 11.6 Å². The number of aliphatic imine (C=N–C) groups is 1. The van der Waals surface area contributed by atoms with Crippen molar-refractivity contribution in [2.24, 2.45) is 10.7 Å². The van der Waals surface area contributed by atoms with Crippen molar-refractivity contribution in [3.8, 4) is 11.6 Å². The lowest BCUT2D eigenvalue weighted by molar-refractivity contribution is 0.232. The maximum Gasteiger partial charge on any atom is 0.213 e. The van der Waals surface area contributed by atoms with Crippen molar-refractivity contribution in [3.63, 3.8) is 0 Å². The lowest BCUT2D eigenvalue weighted by Gasteiger charge is -2.09. The molecule has 6 nitrogen and oxygen atoms in total. The summed E-state index contributed by atoms with van der Waals surface area (Å²) in [7, 11) is 1.66. The lowest BCUT2D eigenvalue weighted by Crippen LogP contribution is -2.33. The summed E-state index contributed by atoms with van der Waals surface area (Å²) in [6.45, 7) is 5.15. The summed E-state index contributed by atoms with van der Waals surface area (Å²) in [6, 6.07) is 11.8. The number of hydrogen-bond donors (Lipinski definition) is 2. The van der Waals surface area contributed by atoms with Crippen molar-refractivity contribution in [1.82, 2.24) is 10.3 Å². The van der Waals surface area contributed by atoms with Gasteiger partial charge in [0.2, 0.25) is 5.88 Å². The largest absolute Gasteiger partial charge is 0.497 e. The van der Waals surface area contributed by atoms with Crippen molar-refractivity contribution in [1.29, 1.82) is 0 Å². The van der Waals surface area contributed by atoms with Crippen LogP contribution in [-0.4, -0.2) is 30.7 Å². The highest BCUT2D eigenvalue weighted by Gasteiger charge is 2.00. The van der Waals surface area contributed by atoms with Gasteiger partial charge in [0.05, 0.1) is 19.8 Å². The number of ether oxygens (including phenoxy) is 2. The van der Waals surface area contributed by atoms with Gasteiger partial charge in [-0.25, -0.2) is 9.98 Å². The molecular weight excluding hydrogens is 316 g/mol. The van der Waals surface area contributed by atoms with E-state index in [0.717, 1.165) is 24.3 Å². The van der Waals surface area contributed by atoms with Gasteiger partial charge in [-0.3, -0.25) is 0 Å². The topological polar surface area (TPSA) is 81.8 Å². The summed E-state index contributed by atoms with van der Waals surface area (Å²) in [5.74, 6) is 1.90. The number of rotatable bonds is 8. The average Bonchev–Trinajstić information content (AvgIpc) is 2.61. The molecule has 0 spiro atoms. The van der Waals surface area contributed by atoms with E-state index in [1.54, 1.807) is 13.3 Å². The van der Waals surface area contributed by atoms with E-state index in [0.29, 0.717) is 18.4 Å². The van der Waals surface area contributed by atoms with E-state index < -0.39 is 0 Å². The molecule has 0 atom stereocenters. The van der Waals surface area contributed by atoms with Crippen molar-refractivity contribution in [2.45, 2.75) is 32.9 Å². The van der Waals surface area contributed by atoms with Crippen molar-refractivity contribution >= 4 is 5.96 Å². The van der Waals surface area contributed by atoms with Crippen LogP contribution in [0.2, 0.25) is 0 Å². The molecule has 0 amide bonds. The molecule has 0 unspecified atom stereocenters. The molecule has 2 aromatic rings. The maximum absolute atomic E-state index is 5.90. The molecule has 1 aromatic heterocycles. The molecule has 25 heavy (non-hydrogen) atoms. The zero-order valence-corrected chi connectivity index (χ0v) is 15.0. The molecule has 0 radical (unpaired) electrons. The summed E-state index contributed by atoms with van der Waals surface area (Å²) in [5.41, 5.74) is 8.10. The highest BCUT2D eigenvalue weighted by atomic mass is 16.5. The van der Waals surface area contributed by atoms with E-state index in [1.807, 2.05) is 50.2 Å². The first-order valence-corrected chi connectivity index (χ1v) is 8.35. The number of guanidine groups is 1. The van der Waals surface area contributed by atoms with Crippen LogP contribution < -0.4 is 20.5 Å². The number of methoxy groups -OCH3 is 1. The zero-order valence-electron chi connectivity index (χ0n) is 15.0. The quantitative estimate of drug-likeness (QED) is 0.569. The summed E-state index contributed by atoms with van der Waals surface area (Å²) in [6.07, 6.45) is 2.73. The lowest BCUT2D eigenvalue weighted by atomic mass is 10.1. The molecule has 0 bridgehead atoms. The van der Waals surface area contributed by atoms with Crippen LogP contribution >= 0.6 is 0 Å². The number of benzene rings is 1. The van der Waals surface area contributed by atoms with Crippen molar-refractivity contribution in [2.75, 3.05) is 13.7 Å². The SMILES string of the molecule is COc1ccc(CCNC(N)=NCc2ccc(OC(C)C)nc2)cc1. The molecule has 0 fully saturated rings. The molecule has 3 N–H and O–H groups in total. The number of nitrogens with zero attached hydrogens (tertiary/aromatic N) is 2. The summed E-state index contributed by atoms with van der Waals surface area (Å²) in [4.78, 5) is 8.58. The van der Waals surface area contributed by atoms with Crippen LogP contribution in [0.4, 0.5) is 0 Å². The fourth-order valence-electron chi connectivity index (χ4n) is 2.18. The average molecular weight is 342 g/mol. The predicted molar refractivity (Wildman–Crippen MR) is 100 cm³/mol. The van der Waals surface area contributed by atoms with Gasteiger partial charge >= 0.3 is 0 Å². The Bertz CT molecular complexity index is 667. The number of pyridine rings is 1. The van der Waals surface area contributed by atoms with Gasteiger partial charge < -0.3 is 20.5 Å². The second kappa shape index (κ2) is 9.52. The van der Waals surface area contributed by atoms with E-state index in [1.165, 1.54) is 5.56 Å². The summed E-state index contributed by atoms with van der Waals surface area (Å²) in [5, 5.41) is 3.12. The highest BCUT2D eigenvalue weighted by molar-refractivity contribution is 5.77. The molecule has 0 aliphatic carbocycles. The minimum absolute atomic E-state index is 0.113. The molecule has 134 valence electrons. The Kier molecular flexibility index (Phi) is 7.07. The van der Waals surface area contributed by atoms with Crippen LogP contribution in [0.3, 0.4) is 0 Å². The molecule has 2 rings (SSSR count). The Morgan fingerprint density at radius 2 is 1.88 bits per heavy atom. The zero-order chi connectivity index (χ0) is 18.1. The second-order valence-electron chi connectivity index (χ2n) is 5.90. The Labute approximate surface area is 149 Å². The summed E-state index contributed by atoms with van der Waals surface area (Å²) >= 11 is 0. The van der Waals surface area contributed by atoms with Gasteiger partial charge in [0.1, 0.15) is 5.75 Å². The number of nitrogens with one attached hydrogen (secondary N) is 1. The highest BCUT2D eigenvalue weighted by Crippen LogP contribution is 2.11. The first kappa shape index (κ1) is 18.6. The molecule has 1 aromatic carbocycles. The second-order valence-corrected chi connectivity index (χ2v) is 5.90. The molecule has 0 saturated carbocycles. The van der Waals surface area contributed by atoms with Gasteiger partial charge in [-0.1, -0.05) is 18.2 Å². The first-order chi connectivity index (χ1) is 12.1. The van der Waals surface area contributed by atoms with Gasteiger partial charge in [-0.15, -0.1) is 0 Å². The van der Waals surface area contributed by atoms with Gasteiger partial charge in [0.15, 0.2) is 5.96 Å². The smallest absolute Gasteiger partial charge is 0.213 e. The Hall–Kier alpha value is -2.76. The Morgan fingerprint density at radius 3 is 2.48 bits per heavy atom. The van der Waals surface area contributed by atoms with Gasteiger partial charge in [-0.05, 0) is 43.5 Å². The third-order valence-electron chi connectivity index (χ3n) is 3.46. The van der Waals surface area contributed by atoms with E-state index in [4.69, 9.17) is 15.2 Å². The molecular formula is C19H26N4O2. The standard InChI is InChI=1S/C19H26N4O2/c1-14(2)25-18-9-6-16(12-22-18)13-23-19(20)21-11-10-15-4-7-17(24-3)8-5-15/h4-9,12,14H,10-11,13H2,1-3H3,(H3,20,21,23). The minimum Gasteiger partial charge on any atom is -0.497 e. The normalized spacial score (nSPS) is 11.4. The molecule has 0 aliphatic rings. The molecule has 6 heteroatoms. The molecule has 0 saturated heterocycles. The first-order valence-electron chi connectivity index (χ1n) is 8.35. The number of aromatic nitrogens is 1. The van der Waals surface area contributed by atoms with Crippen LogP contribution in [0.1, 0.15) is 25.0 Å². The van der Waals surface area contributed by atoms with Crippen LogP contribution in [0, 0.1) is 0 Å². The fourth-order valence-corrected chi connectivity index (χ4v) is 2.18. The molecule has 1 heterocycles. The van der Waals surface area contributed by atoms with Crippen molar-refractivity contribution in [3.05, 3.63) is 53.7 Å². The van der Waals surface area contributed by atoms with Gasteiger partial charge in [0, 0.05) is 18.8 Å². The maximum atomic E-state index is 5.90. The van der Waals surface area contributed by atoms with Crippen molar-refractivity contribution < 1.29 is 9.47 Å². The fraction of sp³-hybridized carbons (Fsp3) is 0.368. The Morgan fingerprint density at radius 1 is 1.16 bits per heavy atom. The number of nitrogens with two attached hydrogens (primary N) is 1. The monoisotopic (exact) mass is 342 g/mol. The van der Waals surface area contributed by atoms with E-state index in [2.05, 4.69) is 15.3 Å². The Balaban J connectivity index is 1.75. The third kappa shape index (κ3) is 6.71. The van der Waals surface area contributed by atoms with Gasteiger partial charge in [0.25, 0.3) is 0 Å². The molecule has 0 aliphatic heterocycles. The number of hydrogen-bond acceptors (Lipinski definition) is 4. The van der Waals surface area contributed by atoms with Crippen LogP contribution in [0.25, 0.3) is 0 Å². The third-order valence-corrected chi connectivity index (χ3v) is 3.46.